The molecule has 152 valence electrons. The predicted octanol–water partition coefficient (Wildman–Crippen LogP) is 1.44. The van der Waals surface area contributed by atoms with Crippen LogP contribution in [0.2, 0.25) is 0 Å². The first-order chi connectivity index (χ1) is 12.6. The van der Waals surface area contributed by atoms with Crippen LogP contribution >= 0.6 is 0 Å². The first kappa shape index (κ1) is 21.7. The second-order valence-electron chi connectivity index (χ2n) is 7.53. The molecule has 3 heterocycles. The Morgan fingerprint density at radius 1 is 1.30 bits per heavy atom. The zero-order valence-electron chi connectivity index (χ0n) is 16.7. The first-order valence-corrected chi connectivity index (χ1v) is 9.07. The predicted molar refractivity (Wildman–Crippen MR) is 98.0 cm³/mol. The highest BCUT2D eigenvalue weighted by atomic mass is 16.8. The maximum absolute atomic E-state index is 8.08. The Labute approximate surface area is 160 Å². The van der Waals surface area contributed by atoms with Gasteiger partial charge in [0.15, 0.2) is 11.6 Å². The smallest absolute Gasteiger partial charge is 0.306 e. The lowest BCUT2D eigenvalue weighted by atomic mass is 10.1. The molecular formula is C19H31N2O6+. The average Bonchev–Trinajstić information content (AvgIpc) is 3.18. The molecular weight excluding hydrogens is 352 g/mol. The molecule has 2 fully saturated rings. The van der Waals surface area contributed by atoms with E-state index in [0.29, 0.717) is 6.61 Å². The zero-order valence-corrected chi connectivity index (χ0v) is 16.7. The molecule has 3 rings (SSSR count). The third-order valence-corrected chi connectivity index (χ3v) is 3.93. The maximum Gasteiger partial charge on any atom is 0.306 e. The van der Waals surface area contributed by atoms with Gasteiger partial charge in [0.1, 0.15) is 13.2 Å². The quantitative estimate of drug-likeness (QED) is 0.352. The van der Waals surface area contributed by atoms with E-state index in [0.717, 1.165) is 18.4 Å². The lowest BCUT2D eigenvalue weighted by molar-refractivity contribution is -0.823. The minimum atomic E-state index is -1.50. The summed E-state index contributed by atoms with van der Waals surface area (Å²) in [5.41, 5.74) is 0.970. The van der Waals surface area contributed by atoms with E-state index in [2.05, 4.69) is 4.98 Å². The summed E-state index contributed by atoms with van der Waals surface area (Å²) in [6.45, 7) is 7.03. The monoisotopic (exact) mass is 383 g/mol. The Balaban J connectivity index is 0.000000465. The molecule has 0 radical (unpaired) electrons. The van der Waals surface area contributed by atoms with Gasteiger partial charge in [0, 0.05) is 23.6 Å². The highest BCUT2D eigenvalue weighted by Crippen LogP contribution is 2.31. The lowest BCUT2D eigenvalue weighted by Crippen LogP contribution is -2.33. The summed E-state index contributed by atoms with van der Waals surface area (Å²) >= 11 is 0. The SMILES string of the molecule is CC(C)(O)O.CO/[N+](=C\c1cccnc1)C1CCC(C2COC(C)(C)O2)O1. The van der Waals surface area contributed by atoms with Gasteiger partial charge in [0.05, 0.1) is 18.3 Å². The van der Waals surface area contributed by atoms with Gasteiger partial charge in [-0.2, -0.15) is 0 Å². The molecule has 8 nitrogen and oxygen atoms in total. The van der Waals surface area contributed by atoms with Gasteiger partial charge >= 0.3 is 6.23 Å². The molecule has 0 bridgehead atoms. The molecule has 3 atom stereocenters. The fourth-order valence-corrected chi connectivity index (χ4v) is 2.86. The number of aromatic nitrogens is 1. The van der Waals surface area contributed by atoms with Crippen LogP contribution < -0.4 is 0 Å². The molecule has 0 amide bonds. The summed E-state index contributed by atoms with van der Waals surface area (Å²) in [6, 6.07) is 3.87. The summed E-state index contributed by atoms with van der Waals surface area (Å²) in [5.74, 6) is -2.02. The van der Waals surface area contributed by atoms with Crippen LogP contribution in [-0.2, 0) is 19.0 Å². The molecule has 1 aromatic heterocycles. The summed E-state index contributed by atoms with van der Waals surface area (Å²) < 4.78 is 19.3. The fourth-order valence-electron chi connectivity index (χ4n) is 2.86. The largest absolute Gasteiger partial charge is 0.366 e. The topological polar surface area (TPSA) is 93.3 Å². The van der Waals surface area contributed by atoms with Crippen LogP contribution in [0.15, 0.2) is 24.5 Å². The second-order valence-corrected chi connectivity index (χ2v) is 7.53. The Morgan fingerprint density at radius 3 is 2.52 bits per heavy atom. The van der Waals surface area contributed by atoms with E-state index < -0.39 is 11.6 Å². The van der Waals surface area contributed by atoms with E-state index in [1.165, 1.54) is 13.8 Å². The minimum Gasteiger partial charge on any atom is -0.366 e. The molecule has 3 unspecified atom stereocenters. The van der Waals surface area contributed by atoms with E-state index in [-0.39, 0.29) is 18.4 Å². The molecule has 0 aromatic carbocycles. The van der Waals surface area contributed by atoms with Crippen LogP contribution in [0.25, 0.3) is 0 Å². The van der Waals surface area contributed by atoms with Crippen molar-refractivity contribution in [2.75, 3.05) is 13.7 Å². The Hall–Kier alpha value is -1.58. The van der Waals surface area contributed by atoms with Crippen molar-refractivity contribution in [1.82, 2.24) is 4.98 Å². The van der Waals surface area contributed by atoms with Crippen molar-refractivity contribution in [3.63, 3.8) is 0 Å². The number of hydrogen-bond donors (Lipinski definition) is 2. The van der Waals surface area contributed by atoms with Gasteiger partial charge in [-0.15, -0.1) is 0 Å². The van der Waals surface area contributed by atoms with Crippen LogP contribution in [0.1, 0.15) is 46.1 Å². The van der Waals surface area contributed by atoms with E-state index in [1.807, 2.05) is 32.2 Å². The van der Waals surface area contributed by atoms with E-state index in [1.54, 1.807) is 24.2 Å². The van der Waals surface area contributed by atoms with Crippen LogP contribution in [-0.4, -0.2) is 69.9 Å². The van der Waals surface area contributed by atoms with Gasteiger partial charge in [-0.3, -0.25) is 9.82 Å². The standard InChI is InChI=1S/C16H23N2O4.C3H8O2/c1-16(2)20-11-14(22-16)13-6-7-15(21-13)18(19-3)10-12-5-4-8-17-9-12;1-3(2,4)5/h4-5,8-10,13-15H,6-7,11H2,1-3H3;4-5H,1-2H3/q+1;. The number of hydroxylamine groups is 1. The summed E-state index contributed by atoms with van der Waals surface area (Å²) in [7, 11) is 1.64. The van der Waals surface area contributed by atoms with Crippen molar-refractivity contribution in [3.05, 3.63) is 30.1 Å². The Bertz CT molecular complexity index is 608. The van der Waals surface area contributed by atoms with E-state index in [9.17, 15) is 0 Å². The van der Waals surface area contributed by atoms with Crippen LogP contribution in [0.3, 0.4) is 0 Å². The third kappa shape index (κ3) is 7.51. The minimum absolute atomic E-state index is 0.0166. The third-order valence-electron chi connectivity index (χ3n) is 3.93. The molecule has 0 saturated carbocycles. The molecule has 2 aliphatic heterocycles. The molecule has 27 heavy (non-hydrogen) atoms. The molecule has 8 heteroatoms. The number of ether oxygens (including phenoxy) is 3. The van der Waals surface area contributed by atoms with Crippen LogP contribution in [0.4, 0.5) is 0 Å². The summed E-state index contributed by atoms with van der Waals surface area (Å²) in [5, 5.41) is 16.2. The fraction of sp³-hybridized carbons (Fsp3) is 0.684. The van der Waals surface area contributed by atoms with Gasteiger partial charge in [0.25, 0.3) is 0 Å². The molecule has 2 aliphatic rings. The highest BCUT2D eigenvalue weighted by molar-refractivity contribution is 5.74. The zero-order chi connectivity index (χ0) is 20.1. The molecule has 2 saturated heterocycles. The van der Waals surface area contributed by atoms with E-state index in [4.69, 9.17) is 29.3 Å². The molecule has 0 aliphatic carbocycles. The highest BCUT2D eigenvalue weighted by Gasteiger charge is 2.44. The Morgan fingerprint density at radius 2 is 2.00 bits per heavy atom. The van der Waals surface area contributed by atoms with Crippen LogP contribution in [0.5, 0.6) is 0 Å². The van der Waals surface area contributed by atoms with Gasteiger partial charge in [-0.1, -0.05) is 0 Å². The van der Waals surface area contributed by atoms with Gasteiger partial charge in [0.2, 0.25) is 6.21 Å². The number of nitrogens with zero attached hydrogens (tertiary/aromatic N) is 2. The second kappa shape index (κ2) is 9.07. The van der Waals surface area contributed by atoms with Crippen molar-refractivity contribution in [2.45, 2.75) is 70.5 Å². The van der Waals surface area contributed by atoms with Crippen molar-refractivity contribution < 1.29 is 34.0 Å². The van der Waals surface area contributed by atoms with Gasteiger partial charge in [-0.25, -0.2) is 0 Å². The van der Waals surface area contributed by atoms with Crippen molar-refractivity contribution in [1.29, 1.82) is 0 Å². The molecule has 0 spiro atoms. The normalized spacial score (nSPS) is 27.8. The van der Waals surface area contributed by atoms with Gasteiger partial charge < -0.3 is 24.4 Å². The lowest BCUT2D eigenvalue weighted by Gasteiger charge is -2.20. The van der Waals surface area contributed by atoms with Crippen molar-refractivity contribution in [3.8, 4) is 0 Å². The number of rotatable bonds is 4. The number of hydrogen-bond acceptors (Lipinski definition) is 7. The Kier molecular flexibility index (Phi) is 7.30. The summed E-state index contributed by atoms with van der Waals surface area (Å²) in [4.78, 5) is 9.54. The average molecular weight is 383 g/mol. The van der Waals surface area contributed by atoms with Crippen molar-refractivity contribution in [2.24, 2.45) is 0 Å². The molecule has 1 aromatic rings. The van der Waals surface area contributed by atoms with Gasteiger partial charge in [-0.05, 0) is 46.2 Å². The number of aliphatic hydroxyl groups is 2. The van der Waals surface area contributed by atoms with Crippen LogP contribution in [0, 0.1) is 0 Å². The van der Waals surface area contributed by atoms with Crippen molar-refractivity contribution >= 4 is 6.21 Å². The molecule has 2 N–H and O–H groups in total. The number of pyridine rings is 1. The first-order valence-electron chi connectivity index (χ1n) is 9.07. The summed E-state index contributed by atoms with van der Waals surface area (Å²) in [6.07, 6.45) is 7.14. The maximum atomic E-state index is 8.08. The van der Waals surface area contributed by atoms with E-state index >= 15 is 0 Å².